The molecule has 1 aromatic carbocycles. The summed E-state index contributed by atoms with van der Waals surface area (Å²) in [6.07, 6.45) is 3.95. The zero-order valence-electron chi connectivity index (χ0n) is 15.4. The summed E-state index contributed by atoms with van der Waals surface area (Å²) in [4.78, 5) is 25.0. The van der Waals surface area contributed by atoms with E-state index < -0.39 is 0 Å². The summed E-state index contributed by atoms with van der Waals surface area (Å²) in [7, 11) is 0. The largest absolute Gasteiger partial charge is 0.352 e. The number of rotatable bonds is 2. The Morgan fingerprint density at radius 1 is 1.18 bits per heavy atom. The van der Waals surface area contributed by atoms with Crippen LogP contribution in [0.5, 0.6) is 0 Å². The highest BCUT2D eigenvalue weighted by Crippen LogP contribution is 2.30. The SMILES string of the molecule is O=c1[nH]c(-c2cccc(Cl)c2)nc2c1C=C(N1CCN3CCC1CC3)N(O)C2. The number of fused-ring (bicyclic) bond motifs is 5. The number of H-pyrrole nitrogens is 1. The van der Waals surface area contributed by atoms with Crippen LogP contribution in [0.25, 0.3) is 17.5 Å². The standard InChI is InChI=1S/C20H22ClN5O2/c21-14-3-1-2-13(10-14)19-22-17-12-26(28)18(11-16(17)20(27)23-19)25-9-8-24-6-4-15(25)5-7-24/h1-3,10-11,15,28H,4-9,12H2,(H,22,23,27). The molecule has 2 N–H and O–H groups in total. The molecule has 6 rings (SSSR count). The monoisotopic (exact) mass is 399 g/mol. The van der Waals surface area contributed by atoms with Crippen molar-refractivity contribution in [3.05, 3.63) is 56.7 Å². The Morgan fingerprint density at radius 3 is 2.79 bits per heavy atom. The molecule has 0 unspecified atom stereocenters. The van der Waals surface area contributed by atoms with E-state index in [9.17, 15) is 10.0 Å². The Labute approximate surface area is 167 Å². The van der Waals surface area contributed by atoms with Gasteiger partial charge in [0.15, 0.2) is 0 Å². The Kier molecular flexibility index (Phi) is 4.38. The highest BCUT2D eigenvalue weighted by Gasteiger charge is 2.34. The molecule has 2 aromatic rings. The molecule has 146 valence electrons. The van der Waals surface area contributed by atoms with E-state index in [1.54, 1.807) is 18.2 Å². The van der Waals surface area contributed by atoms with Crippen LogP contribution < -0.4 is 5.56 Å². The molecule has 28 heavy (non-hydrogen) atoms. The fourth-order valence-electron chi connectivity index (χ4n) is 4.42. The van der Waals surface area contributed by atoms with Crippen molar-refractivity contribution in [2.45, 2.75) is 25.4 Å². The summed E-state index contributed by atoms with van der Waals surface area (Å²) in [5, 5.41) is 12.5. The van der Waals surface area contributed by atoms with Crippen molar-refractivity contribution in [1.82, 2.24) is 24.8 Å². The third-order valence-electron chi connectivity index (χ3n) is 5.92. The van der Waals surface area contributed by atoms with Gasteiger partial charge >= 0.3 is 0 Å². The van der Waals surface area contributed by atoms with Crippen molar-refractivity contribution >= 4 is 17.7 Å². The van der Waals surface area contributed by atoms with Gasteiger partial charge in [-0.05, 0) is 31.1 Å². The van der Waals surface area contributed by atoms with Crippen LogP contribution in [0.2, 0.25) is 5.02 Å². The summed E-state index contributed by atoms with van der Waals surface area (Å²) in [5.41, 5.74) is 1.62. The highest BCUT2D eigenvalue weighted by molar-refractivity contribution is 6.30. The third-order valence-corrected chi connectivity index (χ3v) is 6.15. The van der Waals surface area contributed by atoms with Gasteiger partial charge in [0.25, 0.3) is 5.56 Å². The molecule has 3 saturated heterocycles. The summed E-state index contributed by atoms with van der Waals surface area (Å²) in [5.74, 6) is 1.15. The van der Waals surface area contributed by atoms with Crippen molar-refractivity contribution in [2.24, 2.45) is 0 Å². The minimum atomic E-state index is -0.201. The zero-order chi connectivity index (χ0) is 19.3. The van der Waals surface area contributed by atoms with Gasteiger partial charge in [0.2, 0.25) is 0 Å². The van der Waals surface area contributed by atoms with Gasteiger partial charge in [-0.25, -0.2) is 10.0 Å². The number of hydrogen-bond donors (Lipinski definition) is 2. The topological polar surface area (TPSA) is 75.7 Å². The maximum atomic E-state index is 12.8. The highest BCUT2D eigenvalue weighted by atomic mass is 35.5. The van der Waals surface area contributed by atoms with Gasteiger partial charge in [-0.2, -0.15) is 0 Å². The molecular formula is C20H22ClN5O2. The Bertz CT molecular complexity index is 996. The number of nitrogens with one attached hydrogen (secondary N) is 1. The molecule has 3 fully saturated rings. The lowest BCUT2D eigenvalue weighted by Gasteiger charge is -2.38. The van der Waals surface area contributed by atoms with Gasteiger partial charge in [-0.1, -0.05) is 23.7 Å². The van der Waals surface area contributed by atoms with Crippen molar-refractivity contribution in [3.8, 4) is 11.4 Å². The summed E-state index contributed by atoms with van der Waals surface area (Å²) >= 11 is 6.06. The summed E-state index contributed by atoms with van der Waals surface area (Å²) in [6, 6.07) is 7.60. The van der Waals surface area contributed by atoms with Crippen LogP contribution in [0.1, 0.15) is 24.1 Å². The van der Waals surface area contributed by atoms with E-state index in [1.807, 2.05) is 12.1 Å². The smallest absolute Gasteiger partial charge is 0.258 e. The third kappa shape index (κ3) is 3.09. The number of benzene rings is 1. The van der Waals surface area contributed by atoms with Gasteiger partial charge in [-0.15, -0.1) is 0 Å². The minimum Gasteiger partial charge on any atom is -0.352 e. The average Bonchev–Trinajstić information content (AvgIpc) is 3.01. The quantitative estimate of drug-likeness (QED) is 0.807. The first-order valence-electron chi connectivity index (χ1n) is 9.65. The van der Waals surface area contributed by atoms with Gasteiger partial charge in [0, 0.05) is 42.8 Å². The van der Waals surface area contributed by atoms with Crippen LogP contribution in [0.15, 0.2) is 34.9 Å². The second kappa shape index (κ2) is 6.92. The minimum absolute atomic E-state index is 0.186. The number of aromatic amines is 1. The van der Waals surface area contributed by atoms with Gasteiger partial charge in [-0.3, -0.25) is 10.0 Å². The maximum absolute atomic E-state index is 12.8. The van der Waals surface area contributed by atoms with Crippen LogP contribution in [0.4, 0.5) is 0 Å². The average molecular weight is 400 g/mol. The second-order valence-corrected chi connectivity index (χ2v) is 8.05. The summed E-state index contributed by atoms with van der Waals surface area (Å²) < 4.78 is 0. The molecule has 0 atom stereocenters. The van der Waals surface area contributed by atoms with Crippen molar-refractivity contribution in [1.29, 1.82) is 0 Å². The number of hydroxylamine groups is 2. The number of aromatic nitrogens is 2. The predicted octanol–water partition coefficient (Wildman–Crippen LogP) is 2.37. The van der Waals surface area contributed by atoms with E-state index in [2.05, 4.69) is 19.8 Å². The number of nitrogens with zero attached hydrogens (tertiary/aromatic N) is 4. The first kappa shape index (κ1) is 17.7. The molecule has 0 amide bonds. The van der Waals surface area contributed by atoms with Crippen molar-refractivity contribution in [3.63, 3.8) is 0 Å². The molecule has 0 radical (unpaired) electrons. The maximum Gasteiger partial charge on any atom is 0.258 e. The fraction of sp³-hybridized carbons (Fsp3) is 0.400. The zero-order valence-corrected chi connectivity index (χ0v) is 16.2. The lowest BCUT2D eigenvalue weighted by molar-refractivity contribution is -0.0949. The van der Waals surface area contributed by atoms with Gasteiger partial charge in [0.1, 0.15) is 11.6 Å². The normalized spacial score (nSPS) is 24.0. The van der Waals surface area contributed by atoms with Crippen LogP contribution in [-0.4, -0.2) is 62.3 Å². The Hall–Kier alpha value is -2.35. The van der Waals surface area contributed by atoms with Crippen LogP contribution >= 0.6 is 11.6 Å². The van der Waals surface area contributed by atoms with E-state index in [4.69, 9.17) is 11.6 Å². The molecule has 0 spiro atoms. The number of hydrogen-bond acceptors (Lipinski definition) is 6. The van der Waals surface area contributed by atoms with E-state index in [0.717, 1.165) is 44.6 Å². The fourth-order valence-corrected chi connectivity index (χ4v) is 4.61. The lowest BCUT2D eigenvalue weighted by Crippen LogP contribution is -2.43. The molecule has 8 heteroatoms. The van der Waals surface area contributed by atoms with E-state index in [-0.39, 0.29) is 12.1 Å². The molecular weight excluding hydrogens is 378 g/mol. The van der Waals surface area contributed by atoms with Gasteiger partial charge in [0.05, 0.1) is 17.8 Å². The molecule has 7 nitrogen and oxygen atoms in total. The van der Waals surface area contributed by atoms with Crippen LogP contribution in [0.3, 0.4) is 0 Å². The molecule has 5 heterocycles. The van der Waals surface area contributed by atoms with E-state index in [1.165, 1.54) is 5.06 Å². The van der Waals surface area contributed by atoms with Crippen LogP contribution in [0, 0.1) is 0 Å². The molecule has 2 bridgehead atoms. The number of halogens is 1. The summed E-state index contributed by atoms with van der Waals surface area (Å²) in [6.45, 7) is 4.22. The van der Waals surface area contributed by atoms with Crippen molar-refractivity contribution < 1.29 is 5.21 Å². The second-order valence-electron chi connectivity index (χ2n) is 7.61. The van der Waals surface area contributed by atoms with Gasteiger partial charge < -0.3 is 14.8 Å². The molecule has 4 aliphatic rings. The van der Waals surface area contributed by atoms with Crippen LogP contribution in [-0.2, 0) is 6.54 Å². The first-order chi connectivity index (χ1) is 13.6. The van der Waals surface area contributed by atoms with Crippen molar-refractivity contribution in [2.75, 3.05) is 26.2 Å². The number of piperidine rings is 1. The van der Waals surface area contributed by atoms with E-state index >= 15 is 0 Å². The Morgan fingerprint density at radius 2 is 2.00 bits per heavy atom. The molecule has 0 aliphatic carbocycles. The Balaban J connectivity index is 1.53. The lowest BCUT2D eigenvalue weighted by atomic mass is 10.0. The predicted molar refractivity (Wildman–Crippen MR) is 107 cm³/mol. The molecule has 1 aromatic heterocycles. The first-order valence-corrected chi connectivity index (χ1v) is 10.0. The molecule has 0 saturated carbocycles. The van der Waals surface area contributed by atoms with E-state index in [0.29, 0.717) is 34.0 Å². The molecule has 4 aliphatic heterocycles.